The number of rotatable bonds is 10. The summed E-state index contributed by atoms with van der Waals surface area (Å²) in [5.41, 5.74) is 9.59. The molecule has 2 amide bonds. The van der Waals surface area contributed by atoms with Crippen molar-refractivity contribution in [2.75, 3.05) is 62.8 Å². The number of piperazine rings is 1. The molecule has 1 fully saturated rings. The van der Waals surface area contributed by atoms with E-state index >= 15 is 0 Å². The molecule has 2 aromatic rings. The van der Waals surface area contributed by atoms with E-state index in [4.69, 9.17) is 10.5 Å². The Balaban J connectivity index is 1.44. The third-order valence-corrected chi connectivity index (χ3v) is 6.89. The Morgan fingerprint density at radius 2 is 1.83 bits per heavy atom. The number of ether oxygens (including phenoxy) is 1. The SMILES string of the molecule is CCc1cc(NC(=O)C(=O)NC[C@@H](C)[C@H](CCc2ccc(N3CCN(C)CC3)cc2)OC)cnc1N. The van der Waals surface area contributed by atoms with Crippen LogP contribution in [0.5, 0.6) is 0 Å². The maximum atomic E-state index is 12.3. The highest BCUT2D eigenvalue weighted by molar-refractivity contribution is 6.39. The van der Waals surface area contributed by atoms with Crippen molar-refractivity contribution in [1.82, 2.24) is 15.2 Å². The van der Waals surface area contributed by atoms with Gasteiger partial charge < -0.3 is 30.9 Å². The van der Waals surface area contributed by atoms with Crippen LogP contribution in [-0.4, -0.2) is 74.7 Å². The van der Waals surface area contributed by atoms with Crippen molar-refractivity contribution in [1.29, 1.82) is 0 Å². The van der Waals surface area contributed by atoms with Gasteiger partial charge in [-0.2, -0.15) is 0 Å². The lowest BCUT2D eigenvalue weighted by molar-refractivity contribution is -0.136. The van der Waals surface area contributed by atoms with Crippen molar-refractivity contribution < 1.29 is 14.3 Å². The molecule has 9 nitrogen and oxygen atoms in total. The van der Waals surface area contributed by atoms with Crippen LogP contribution in [0.1, 0.15) is 31.4 Å². The number of hydrogen-bond acceptors (Lipinski definition) is 7. The number of hydrogen-bond donors (Lipinski definition) is 3. The van der Waals surface area contributed by atoms with Gasteiger partial charge in [-0.15, -0.1) is 0 Å². The quantitative estimate of drug-likeness (QED) is 0.433. The molecule has 36 heavy (non-hydrogen) atoms. The largest absolute Gasteiger partial charge is 0.383 e. The summed E-state index contributed by atoms with van der Waals surface area (Å²) in [5.74, 6) is -0.956. The number of nitrogens with zero attached hydrogens (tertiary/aromatic N) is 3. The second-order valence-corrected chi connectivity index (χ2v) is 9.53. The number of amides is 2. The van der Waals surface area contributed by atoms with Gasteiger partial charge in [-0.25, -0.2) is 4.98 Å². The molecule has 0 spiro atoms. The predicted molar refractivity (Wildman–Crippen MR) is 144 cm³/mol. The zero-order valence-electron chi connectivity index (χ0n) is 21.9. The highest BCUT2D eigenvalue weighted by Crippen LogP contribution is 2.20. The summed E-state index contributed by atoms with van der Waals surface area (Å²) in [7, 11) is 3.85. The molecule has 196 valence electrons. The van der Waals surface area contributed by atoms with Gasteiger partial charge in [0.25, 0.3) is 0 Å². The number of methoxy groups -OCH3 is 1. The van der Waals surface area contributed by atoms with Crippen LogP contribution in [-0.2, 0) is 27.2 Å². The molecule has 1 aliphatic heterocycles. The van der Waals surface area contributed by atoms with Gasteiger partial charge in [-0.05, 0) is 61.6 Å². The van der Waals surface area contributed by atoms with E-state index in [1.165, 1.54) is 17.4 Å². The fourth-order valence-electron chi connectivity index (χ4n) is 4.41. The second kappa shape index (κ2) is 13.2. The van der Waals surface area contributed by atoms with Gasteiger partial charge in [0, 0.05) is 45.5 Å². The highest BCUT2D eigenvalue weighted by Gasteiger charge is 2.21. The van der Waals surface area contributed by atoms with Crippen molar-refractivity contribution in [2.24, 2.45) is 5.92 Å². The molecule has 1 aromatic heterocycles. The molecule has 2 heterocycles. The number of likely N-dealkylation sites (N-methyl/N-ethyl adjacent to an activating group) is 1. The summed E-state index contributed by atoms with van der Waals surface area (Å²) < 4.78 is 5.70. The molecule has 4 N–H and O–H groups in total. The average Bonchev–Trinajstić information content (AvgIpc) is 2.89. The standard InChI is InChI=1S/C27H40N6O3/c1-5-21-16-22(18-29-25(21)28)31-27(35)26(34)30-17-19(2)24(36-4)11-8-20-6-9-23(10-7-20)33-14-12-32(3)13-15-33/h6-7,9-10,16,18-19,24H,5,8,11-15,17H2,1-4H3,(H2,28,29)(H,30,34)(H,31,35)/t19-,24+/m1/s1. The zero-order valence-corrected chi connectivity index (χ0v) is 21.9. The molecule has 9 heteroatoms. The number of aryl methyl sites for hydroxylation is 2. The lowest BCUT2D eigenvalue weighted by atomic mass is 9.97. The van der Waals surface area contributed by atoms with Crippen LogP contribution in [0.25, 0.3) is 0 Å². The van der Waals surface area contributed by atoms with Gasteiger partial charge in [0.15, 0.2) is 0 Å². The maximum absolute atomic E-state index is 12.3. The maximum Gasteiger partial charge on any atom is 0.313 e. The fraction of sp³-hybridized carbons (Fsp3) is 0.519. The van der Waals surface area contributed by atoms with E-state index in [0.717, 1.165) is 44.6 Å². The van der Waals surface area contributed by atoms with Gasteiger partial charge in [-0.1, -0.05) is 26.0 Å². The number of benzene rings is 1. The molecule has 1 aliphatic rings. The third-order valence-electron chi connectivity index (χ3n) is 6.89. The minimum atomic E-state index is -0.731. The first-order valence-corrected chi connectivity index (χ1v) is 12.7. The summed E-state index contributed by atoms with van der Waals surface area (Å²) in [6, 6.07) is 10.5. The zero-order chi connectivity index (χ0) is 26.1. The van der Waals surface area contributed by atoms with Crippen LogP contribution in [0.2, 0.25) is 0 Å². The summed E-state index contributed by atoms with van der Waals surface area (Å²) in [5, 5.41) is 5.30. The van der Waals surface area contributed by atoms with Crippen molar-refractivity contribution in [3.05, 3.63) is 47.7 Å². The van der Waals surface area contributed by atoms with E-state index < -0.39 is 11.8 Å². The van der Waals surface area contributed by atoms with Crippen LogP contribution < -0.4 is 21.3 Å². The number of pyridine rings is 1. The van der Waals surface area contributed by atoms with Gasteiger partial charge in [0.1, 0.15) is 5.82 Å². The smallest absolute Gasteiger partial charge is 0.313 e. The van der Waals surface area contributed by atoms with Crippen molar-refractivity contribution in [3.8, 4) is 0 Å². The number of anilines is 3. The molecule has 3 rings (SSSR count). The normalized spacial score (nSPS) is 15.8. The highest BCUT2D eigenvalue weighted by atomic mass is 16.5. The summed E-state index contributed by atoms with van der Waals surface area (Å²) in [4.78, 5) is 33.5. The summed E-state index contributed by atoms with van der Waals surface area (Å²) in [6.07, 6.45) is 3.79. The molecule has 0 saturated carbocycles. The van der Waals surface area contributed by atoms with E-state index in [2.05, 4.69) is 56.7 Å². The molecule has 0 bridgehead atoms. The molecule has 0 aliphatic carbocycles. The van der Waals surface area contributed by atoms with E-state index in [-0.39, 0.29) is 12.0 Å². The lowest BCUT2D eigenvalue weighted by Crippen LogP contribution is -2.44. The minimum absolute atomic E-state index is 0.0425. The van der Waals surface area contributed by atoms with Gasteiger partial charge >= 0.3 is 11.8 Å². The Morgan fingerprint density at radius 1 is 1.14 bits per heavy atom. The number of nitrogens with two attached hydrogens (primary N) is 1. The first-order valence-electron chi connectivity index (χ1n) is 12.7. The van der Waals surface area contributed by atoms with E-state index in [0.29, 0.717) is 24.5 Å². The molecule has 1 saturated heterocycles. The Morgan fingerprint density at radius 3 is 2.47 bits per heavy atom. The topological polar surface area (TPSA) is 113 Å². The van der Waals surface area contributed by atoms with E-state index in [9.17, 15) is 9.59 Å². The lowest BCUT2D eigenvalue weighted by Gasteiger charge is -2.34. The second-order valence-electron chi connectivity index (χ2n) is 9.53. The predicted octanol–water partition coefficient (Wildman–Crippen LogP) is 2.32. The summed E-state index contributed by atoms with van der Waals surface area (Å²) >= 11 is 0. The van der Waals surface area contributed by atoms with Crippen LogP contribution in [0.15, 0.2) is 36.5 Å². The number of nitrogen functional groups attached to an aromatic ring is 1. The van der Waals surface area contributed by atoms with Crippen molar-refractivity contribution in [2.45, 2.75) is 39.2 Å². The molecular weight excluding hydrogens is 456 g/mol. The monoisotopic (exact) mass is 496 g/mol. The summed E-state index contributed by atoms with van der Waals surface area (Å²) in [6.45, 7) is 8.59. The first kappa shape index (κ1) is 27.4. The van der Waals surface area contributed by atoms with Crippen LogP contribution in [0.3, 0.4) is 0 Å². The Bertz CT molecular complexity index is 1010. The average molecular weight is 497 g/mol. The van der Waals surface area contributed by atoms with Gasteiger partial charge in [0.2, 0.25) is 0 Å². The molecule has 0 unspecified atom stereocenters. The Hall–Kier alpha value is -3.17. The van der Waals surface area contributed by atoms with Crippen molar-refractivity contribution in [3.63, 3.8) is 0 Å². The molecular formula is C27H40N6O3. The van der Waals surface area contributed by atoms with Crippen LogP contribution >= 0.6 is 0 Å². The minimum Gasteiger partial charge on any atom is -0.383 e. The molecule has 1 aromatic carbocycles. The third kappa shape index (κ3) is 7.66. The van der Waals surface area contributed by atoms with Crippen molar-refractivity contribution >= 4 is 29.0 Å². The van der Waals surface area contributed by atoms with Crippen LogP contribution in [0, 0.1) is 5.92 Å². The molecule has 0 radical (unpaired) electrons. The fourth-order valence-corrected chi connectivity index (χ4v) is 4.41. The van der Waals surface area contributed by atoms with Crippen LogP contribution in [0.4, 0.5) is 17.2 Å². The number of carbonyl (C=O) groups excluding carboxylic acids is 2. The Kier molecular flexibility index (Phi) is 10.1. The number of carbonyl (C=O) groups is 2. The van der Waals surface area contributed by atoms with E-state index in [1.54, 1.807) is 13.2 Å². The van der Waals surface area contributed by atoms with Gasteiger partial charge in [0.05, 0.1) is 18.0 Å². The Labute approximate surface area is 214 Å². The number of aromatic nitrogens is 1. The first-order chi connectivity index (χ1) is 17.3. The van der Waals surface area contributed by atoms with Gasteiger partial charge in [-0.3, -0.25) is 9.59 Å². The van der Waals surface area contributed by atoms with E-state index in [1.807, 2.05) is 13.8 Å². The molecule has 2 atom stereocenters. The number of nitrogens with one attached hydrogen (secondary N) is 2.